The van der Waals surface area contributed by atoms with Crippen LogP contribution >= 0.6 is 23.2 Å². The lowest BCUT2D eigenvalue weighted by molar-refractivity contribution is -0.331. The van der Waals surface area contributed by atoms with Gasteiger partial charge in [-0.05, 0) is 90.5 Å². The third-order valence-electron chi connectivity index (χ3n) is 12.3. The molecule has 14 atom stereocenters. The van der Waals surface area contributed by atoms with Crippen molar-refractivity contribution >= 4 is 35.1 Å². The van der Waals surface area contributed by atoms with Crippen LogP contribution in [0.2, 0.25) is 10.0 Å². The van der Waals surface area contributed by atoms with Crippen molar-refractivity contribution in [1.82, 2.24) is 0 Å². The highest BCUT2D eigenvalue weighted by Gasteiger charge is 2.50. The highest BCUT2D eigenvalue weighted by Crippen LogP contribution is 2.45. The van der Waals surface area contributed by atoms with Gasteiger partial charge in [0.15, 0.2) is 30.2 Å². The van der Waals surface area contributed by atoms with Crippen LogP contribution in [0.5, 0.6) is 11.5 Å². The number of carbonyl (C=O) groups excluding carboxylic acids is 2. The minimum atomic E-state index is -1.57. The molecule has 19 heteroatoms. The number of rotatable bonds is 11. The van der Waals surface area contributed by atoms with E-state index in [9.17, 15) is 50.4 Å². The molecule has 3 heterocycles. The van der Waals surface area contributed by atoms with Crippen LogP contribution in [0, 0.1) is 5.92 Å². The molecule has 67 heavy (non-hydrogen) atoms. The number of methoxy groups -OCH3 is 1. The molecule has 2 saturated heterocycles. The molecule has 0 aliphatic carbocycles. The highest BCUT2D eigenvalue weighted by atomic mass is 35.5. The number of aromatic hydroxyl groups is 2. The van der Waals surface area contributed by atoms with Crippen LogP contribution in [0.1, 0.15) is 97.5 Å². The molecule has 3 aliphatic heterocycles. The molecule has 1 aromatic rings. The van der Waals surface area contributed by atoms with Gasteiger partial charge in [-0.15, -0.1) is 0 Å². The first kappa shape index (κ1) is 56.2. The van der Waals surface area contributed by atoms with Gasteiger partial charge in [0.25, 0.3) is 0 Å². The third kappa shape index (κ3) is 13.5. The summed E-state index contributed by atoms with van der Waals surface area (Å²) >= 11 is 12.3. The number of allylic oxidation sites excluding steroid dienone is 4. The molecular weight excluding hydrogens is 919 g/mol. The van der Waals surface area contributed by atoms with Crippen LogP contribution in [0.3, 0.4) is 0 Å². The number of halogens is 2. The molecule has 0 amide bonds. The lowest BCUT2D eigenvalue weighted by Crippen LogP contribution is -2.63. The molecule has 0 bridgehead atoms. The zero-order chi connectivity index (χ0) is 50.2. The van der Waals surface area contributed by atoms with Gasteiger partial charge in [0, 0.05) is 19.4 Å². The second-order valence-electron chi connectivity index (χ2n) is 17.8. The van der Waals surface area contributed by atoms with Crippen LogP contribution in [-0.2, 0) is 44.4 Å². The summed E-state index contributed by atoms with van der Waals surface area (Å²) in [6.07, 6.45) is -5.33. The number of cyclic esters (lactones) is 1. The Morgan fingerprint density at radius 1 is 0.940 bits per heavy atom. The monoisotopic (exact) mass is 986 g/mol. The van der Waals surface area contributed by atoms with Gasteiger partial charge >= 0.3 is 11.9 Å². The molecule has 0 aromatic heterocycles. The van der Waals surface area contributed by atoms with Crippen molar-refractivity contribution in [3.05, 3.63) is 79.9 Å². The predicted octanol–water partition coefficient (Wildman–Crippen LogP) is 5.03. The first-order chi connectivity index (χ1) is 31.4. The summed E-state index contributed by atoms with van der Waals surface area (Å²) in [6, 6.07) is 0. The maximum atomic E-state index is 13.9. The molecule has 2 fully saturated rings. The predicted molar refractivity (Wildman–Crippen MR) is 246 cm³/mol. The molecule has 3 aliphatic rings. The van der Waals surface area contributed by atoms with Gasteiger partial charge in [0.1, 0.15) is 47.2 Å². The van der Waals surface area contributed by atoms with E-state index in [4.69, 9.17) is 56.4 Å². The van der Waals surface area contributed by atoms with E-state index in [0.29, 0.717) is 23.1 Å². The van der Waals surface area contributed by atoms with Gasteiger partial charge in [-0.2, -0.15) is 0 Å². The van der Waals surface area contributed by atoms with E-state index in [1.165, 1.54) is 33.1 Å². The molecule has 0 spiro atoms. The number of ether oxygens (including phenoxy) is 7. The summed E-state index contributed by atoms with van der Waals surface area (Å²) in [6.45, 7) is 14.7. The van der Waals surface area contributed by atoms with Gasteiger partial charge < -0.3 is 74.0 Å². The molecular formula is C48H68Cl2O17. The number of aliphatic hydroxyl groups is 6. The summed E-state index contributed by atoms with van der Waals surface area (Å²) in [5.74, 6) is -3.68. The Bertz CT molecular complexity index is 2050. The summed E-state index contributed by atoms with van der Waals surface area (Å²) in [7, 11) is 1.26. The summed E-state index contributed by atoms with van der Waals surface area (Å²) < 4.78 is 41.5. The fraction of sp³-hybridized carbons (Fsp3) is 0.625. The Morgan fingerprint density at radius 2 is 1.61 bits per heavy atom. The van der Waals surface area contributed by atoms with E-state index in [1.54, 1.807) is 39.8 Å². The van der Waals surface area contributed by atoms with Gasteiger partial charge in [0.2, 0.25) is 0 Å². The molecule has 8 N–H and O–H groups in total. The van der Waals surface area contributed by atoms with Crippen molar-refractivity contribution in [3.8, 4) is 11.5 Å². The average Bonchev–Trinajstić information content (AvgIpc) is 3.27. The quantitative estimate of drug-likeness (QED) is 0.107. The number of carbonyl (C=O) groups is 2. The van der Waals surface area contributed by atoms with Gasteiger partial charge in [0.05, 0.1) is 47.2 Å². The van der Waals surface area contributed by atoms with E-state index in [2.05, 4.69) is 0 Å². The number of esters is 2. The molecule has 0 unspecified atom stereocenters. The van der Waals surface area contributed by atoms with Crippen molar-refractivity contribution in [1.29, 1.82) is 0 Å². The molecule has 1 aromatic carbocycles. The van der Waals surface area contributed by atoms with E-state index in [0.717, 1.165) is 0 Å². The van der Waals surface area contributed by atoms with Crippen LogP contribution in [0.25, 0.3) is 0 Å². The Balaban J connectivity index is 1.60. The smallest absolute Gasteiger partial charge is 0.342 e. The maximum absolute atomic E-state index is 13.9. The number of phenolic OH excluding ortho intramolecular Hbond substituents is 2. The van der Waals surface area contributed by atoms with Crippen molar-refractivity contribution < 1.29 is 83.6 Å². The summed E-state index contributed by atoms with van der Waals surface area (Å²) in [5.41, 5.74) is 0.400. The van der Waals surface area contributed by atoms with E-state index in [1.807, 2.05) is 32.9 Å². The zero-order valence-electron chi connectivity index (χ0n) is 39.6. The lowest BCUT2D eigenvalue weighted by atomic mass is 9.88. The lowest BCUT2D eigenvalue weighted by Gasteiger charge is -2.46. The number of phenols is 2. The standard InChI is InChI=1S/C48H68Cl2O17/c1-11-27-20-23(4)30(52)16-14-13-15-28(21-62-47-42(61-10)39(57)41(26(7)63-47)65-45(60)32-29(12-2)33(49)36(54)34(50)35(32)53)44(59)64-31(25(6)51)18-17-22(3)19-24(5)40(27)66-46-38(56)37(55)43(58)48(8,9)67-46/h13-15,17,19-20,25-27,30-31,37-43,46-47,51-58H,11-12,16,18,21H2,1-10H3/b14-13+,22-17+,23-20+,24-19+,28-15+/t25-,26+,27+,30+,31+,37-,38+,39-,40+,41+,42-,43-,46-,47+/m1/s1. The van der Waals surface area contributed by atoms with Crippen LogP contribution < -0.4 is 0 Å². The number of benzene rings is 1. The van der Waals surface area contributed by atoms with Gasteiger partial charge in [-0.1, -0.05) is 73.0 Å². The van der Waals surface area contributed by atoms with E-state index in [-0.39, 0.29) is 41.3 Å². The van der Waals surface area contributed by atoms with Crippen molar-refractivity contribution in [3.63, 3.8) is 0 Å². The van der Waals surface area contributed by atoms with Crippen LogP contribution in [0.15, 0.2) is 58.7 Å². The highest BCUT2D eigenvalue weighted by molar-refractivity contribution is 6.39. The van der Waals surface area contributed by atoms with E-state index < -0.39 is 126 Å². The Morgan fingerprint density at radius 3 is 2.22 bits per heavy atom. The normalized spacial score (nSPS) is 36.6. The first-order valence-electron chi connectivity index (χ1n) is 22.3. The largest absolute Gasteiger partial charge is 0.505 e. The average molecular weight is 988 g/mol. The van der Waals surface area contributed by atoms with Crippen LogP contribution in [-0.4, -0.2) is 152 Å². The Hall–Kier alpha value is -3.40. The SMILES string of the molecule is CCc1c(Cl)c(O)c(Cl)c(O)c1C(=O)O[C@@H]1[C@@H](O)[C@@H](OC)[C@@H](OC/C2=C\C=C\C[C@H](O)/C(C)=C/[C@H](CC)[C@@H](O[C@@H]3OC(C)(C)[C@H](O)[C@H](O)[C@@H]3O)/C(C)=C/C(C)=C/C[C@@H]([C@@H](C)O)OC2=O)O[C@H]1C. The Kier molecular flexibility index (Phi) is 20.5. The number of aliphatic hydroxyl groups excluding tert-OH is 6. The fourth-order valence-electron chi connectivity index (χ4n) is 8.14. The molecule has 376 valence electrons. The minimum Gasteiger partial charge on any atom is -0.505 e. The third-order valence-corrected chi connectivity index (χ3v) is 13.1. The van der Waals surface area contributed by atoms with Crippen molar-refractivity contribution in [2.24, 2.45) is 5.92 Å². The first-order valence-corrected chi connectivity index (χ1v) is 23.1. The summed E-state index contributed by atoms with van der Waals surface area (Å²) in [4.78, 5) is 27.3. The molecule has 0 saturated carbocycles. The zero-order valence-corrected chi connectivity index (χ0v) is 41.1. The van der Waals surface area contributed by atoms with Crippen molar-refractivity contribution in [2.75, 3.05) is 13.7 Å². The number of hydrogen-bond donors (Lipinski definition) is 8. The molecule has 0 radical (unpaired) electrons. The maximum Gasteiger partial charge on any atom is 0.342 e. The van der Waals surface area contributed by atoms with Crippen molar-refractivity contribution in [2.45, 2.75) is 173 Å². The van der Waals surface area contributed by atoms with Crippen LogP contribution in [0.4, 0.5) is 0 Å². The summed E-state index contributed by atoms with van der Waals surface area (Å²) in [5, 5.41) is 85.7. The second kappa shape index (κ2) is 24.4. The van der Waals surface area contributed by atoms with E-state index >= 15 is 0 Å². The topological polar surface area (TPSA) is 261 Å². The van der Waals surface area contributed by atoms with Gasteiger partial charge in [-0.25, -0.2) is 9.59 Å². The molecule has 4 rings (SSSR count). The molecule has 17 nitrogen and oxygen atoms in total. The minimum absolute atomic E-state index is 0.0296. The van der Waals surface area contributed by atoms with Gasteiger partial charge in [-0.3, -0.25) is 0 Å². The Labute approximate surface area is 401 Å². The fourth-order valence-corrected chi connectivity index (χ4v) is 8.70. The second-order valence-corrected chi connectivity index (χ2v) is 18.6. The number of hydrogen-bond acceptors (Lipinski definition) is 17.